The highest BCUT2D eigenvalue weighted by atomic mass is 32.2. The number of thioether (sulfide) groups is 1. The fraction of sp³-hybridized carbons (Fsp3) is 0.571. The molecule has 1 N–H and O–H groups in total. The Bertz CT molecular complexity index is 753. The highest BCUT2D eigenvalue weighted by molar-refractivity contribution is 7.98. The van der Waals surface area contributed by atoms with Gasteiger partial charge in [0, 0.05) is 19.5 Å². The lowest BCUT2D eigenvalue weighted by molar-refractivity contribution is -0.129. The normalized spacial score (nSPS) is 15.6. The lowest BCUT2D eigenvalue weighted by atomic mass is 9.64. The molecule has 0 aliphatic heterocycles. The average molecular weight is 387 g/mol. The number of hydrogen-bond acceptors (Lipinski definition) is 4. The van der Waals surface area contributed by atoms with Crippen molar-refractivity contribution >= 4 is 17.7 Å². The molecule has 2 aromatic rings. The topological polar surface area (TPSA) is 59.8 Å². The third kappa shape index (κ3) is 4.37. The standard InChI is InChI=1S/C21H30N4OS/c1-16(2)15-25-18(23-24-20(25)27-3)11-7-14-22-19(26)21(12-8-13-21)17-9-5-4-6-10-17/h4-6,9-10,16H,7-8,11-15H2,1-3H3,(H,22,26). The summed E-state index contributed by atoms with van der Waals surface area (Å²) in [5.74, 6) is 1.74. The predicted molar refractivity (Wildman–Crippen MR) is 110 cm³/mol. The largest absolute Gasteiger partial charge is 0.355 e. The van der Waals surface area contributed by atoms with Gasteiger partial charge in [-0.3, -0.25) is 4.79 Å². The van der Waals surface area contributed by atoms with Crippen LogP contribution in [-0.4, -0.2) is 33.5 Å². The Kier molecular flexibility index (Phi) is 6.58. The molecule has 1 aromatic carbocycles. The van der Waals surface area contributed by atoms with Gasteiger partial charge in [-0.25, -0.2) is 0 Å². The molecule has 1 fully saturated rings. The van der Waals surface area contributed by atoms with Crippen LogP contribution in [0.5, 0.6) is 0 Å². The minimum Gasteiger partial charge on any atom is -0.355 e. The molecule has 0 atom stereocenters. The second kappa shape index (κ2) is 8.91. The van der Waals surface area contributed by atoms with Crippen LogP contribution in [0.3, 0.4) is 0 Å². The van der Waals surface area contributed by atoms with Crippen molar-refractivity contribution in [2.24, 2.45) is 5.92 Å². The summed E-state index contributed by atoms with van der Waals surface area (Å²) in [5, 5.41) is 12.8. The highest BCUT2D eigenvalue weighted by Gasteiger charge is 2.45. The van der Waals surface area contributed by atoms with E-state index in [1.165, 1.54) is 0 Å². The van der Waals surface area contributed by atoms with Crippen LogP contribution in [0.4, 0.5) is 0 Å². The summed E-state index contributed by atoms with van der Waals surface area (Å²) in [7, 11) is 0. The van der Waals surface area contributed by atoms with Gasteiger partial charge in [0.15, 0.2) is 5.16 Å². The van der Waals surface area contributed by atoms with Gasteiger partial charge in [0.1, 0.15) is 5.82 Å². The molecule has 1 heterocycles. The Balaban J connectivity index is 1.55. The molecule has 1 saturated carbocycles. The Morgan fingerprint density at radius 2 is 2.00 bits per heavy atom. The Morgan fingerprint density at radius 3 is 2.59 bits per heavy atom. The molecule has 0 radical (unpaired) electrons. The summed E-state index contributed by atoms with van der Waals surface area (Å²) in [4.78, 5) is 12.9. The first-order valence-electron chi connectivity index (χ1n) is 9.86. The van der Waals surface area contributed by atoms with E-state index in [9.17, 15) is 4.79 Å². The summed E-state index contributed by atoms with van der Waals surface area (Å²) in [6, 6.07) is 10.2. The molecular weight excluding hydrogens is 356 g/mol. The summed E-state index contributed by atoms with van der Waals surface area (Å²) in [6.07, 6.45) is 6.76. The molecule has 146 valence electrons. The third-order valence-corrected chi connectivity index (χ3v) is 6.02. The van der Waals surface area contributed by atoms with Crippen molar-refractivity contribution in [1.29, 1.82) is 0 Å². The van der Waals surface area contributed by atoms with Crippen molar-refractivity contribution in [2.45, 2.75) is 63.1 Å². The zero-order valence-corrected chi connectivity index (χ0v) is 17.4. The van der Waals surface area contributed by atoms with Crippen LogP contribution in [0.1, 0.15) is 50.9 Å². The number of benzene rings is 1. The van der Waals surface area contributed by atoms with Crippen LogP contribution in [0.2, 0.25) is 0 Å². The maximum absolute atomic E-state index is 12.9. The number of hydrogen-bond donors (Lipinski definition) is 1. The molecule has 5 nitrogen and oxygen atoms in total. The third-order valence-electron chi connectivity index (χ3n) is 5.35. The lowest BCUT2D eigenvalue weighted by Gasteiger charge is -2.40. The van der Waals surface area contributed by atoms with Crippen LogP contribution in [0.15, 0.2) is 35.5 Å². The van der Waals surface area contributed by atoms with E-state index in [1.54, 1.807) is 11.8 Å². The van der Waals surface area contributed by atoms with Gasteiger partial charge in [-0.2, -0.15) is 0 Å². The van der Waals surface area contributed by atoms with Gasteiger partial charge in [0.05, 0.1) is 5.41 Å². The van der Waals surface area contributed by atoms with E-state index in [2.05, 4.69) is 46.1 Å². The zero-order valence-electron chi connectivity index (χ0n) is 16.6. The SMILES string of the molecule is CSc1nnc(CCCNC(=O)C2(c3ccccc3)CCC2)n1CC(C)C. The number of nitrogens with one attached hydrogen (secondary N) is 1. The van der Waals surface area contributed by atoms with Crippen LogP contribution in [0.25, 0.3) is 0 Å². The predicted octanol–water partition coefficient (Wildman–Crippen LogP) is 3.83. The van der Waals surface area contributed by atoms with Gasteiger partial charge in [0.25, 0.3) is 0 Å². The number of nitrogens with zero attached hydrogens (tertiary/aromatic N) is 3. The number of carbonyl (C=O) groups excluding carboxylic acids is 1. The minimum absolute atomic E-state index is 0.174. The highest BCUT2D eigenvalue weighted by Crippen LogP contribution is 2.43. The van der Waals surface area contributed by atoms with E-state index < -0.39 is 0 Å². The van der Waals surface area contributed by atoms with Crippen LogP contribution in [0, 0.1) is 5.92 Å². The lowest BCUT2D eigenvalue weighted by Crippen LogP contribution is -2.49. The van der Waals surface area contributed by atoms with Gasteiger partial charge in [-0.15, -0.1) is 10.2 Å². The molecule has 1 aliphatic rings. The van der Waals surface area contributed by atoms with Crippen molar-refractivity contribution in [1.82, 2.24) is 20.1 Å². The first-order chi connectivity index (χ1) is 13.1. The first kappa shape index (κ1) is 19.9. The summed E-state index contributed by atoms with van der Waals surface area (Å²) in [5.41, 5.74) is 0.834. The van der Waals surface area contributed by atoms with Crippen molar-refractivity contribution in [2.75, 3.05) is 12.8 Å². The molecular formula is C21H30N4OS. The maximum Gasteiger partial charge on any atom is 0.230 e. The van der Waals surface area contributed by atoms with Gasteiger partial charge in [-0.05, 0) is 37.0 Å². The van der Waals surface area contributed by atoms with Crippen molar-refractivity contribution in [3.8, 4) is 0 Å². The van der Waals surface area contributed by atoms with E-state index in [0.717, 1.165) is 55.2 Å². The molecule has 0 saturated heterocycles. The molecule has 0 unspecified atom stereocenters. The maximum atomic E-state index is 12.9. The van der Waals surface area contributed by atoms with Crippen molar-refractivity contribution in [3.05, 3.63) is 41.7 Å². The molecule has 0 spiro atoms. The van der Waals surface area contributed by atoms with Crippen LogP contribution in [-0.2, 0) is 23.2 Å². The first-order valence-corrected chi connectivity index (χ1v) is 11.1. The minimum atomic E-state index is -0.315. The summed E-state index contributed by atoms with van der Waals surface area (Å²) in [6.45, 7) is 6.02. The van der Waals surface area contributed by atoms with Crippen LogP contribution >= 0.6 is 11.8 Å². The van der Waals surface area contributed by atoms with E-state index in [4.69, 9.17) is 0 Å². The number of aromatic nitrogens is 3. The van der Waals surface area contributed by atoms with Crippen molar-refractivity contribution < 1.29 is 4.79 Å². The molecule has 27 heavy (non-hydrogen) atoms. The Labute approximate surface area is 166 Å². The summed E-state index contributed by atoms with van der Waals surface area (Å²) < 4.78 is 2.22. The van der Waals surface area contributed by atoms with E-state index in [-0.39, 0.29) is 11.3 Å². The van der Waals surface area contributed by atoms with Crippen LogP contribution < -0.4 is 5.32 Å². The fourth-order valence-electron chi connectivity index (χ4n) is 3.76. The van der Waals surface area contributed by atoms with E-state index in [0.29, 0.717) is 12.5 Å². The van der Waals surface area contributed by atoms with Gasteiger partial charge in [0.2, 0.25) is 5.91 Å². The fourth-order valence-corrected chi connectivity index (χ4v) is 4.28. The molecule has 1 aliphatic carbocycles. The molecule has 3 rings (SSSR count). The van der Waals surface area contributed by atoms with Gasteiger partial charge in [-0.1, -0.05) is 62.4 Å². The number of aryl methyl sites for hydroxylation is 1. The Morgan fingerprint density at radius 1 is 1.26 bits per heavy atom. The number of carbonyl (C=O) groups is 1. The smallest absolute Gasteiger partial charge is 0.230 e. The molecule has 6 heteroatoms. The Hall–Kier alpha value is -1.82. The summed E-state index contributed by atoms with van der Waals surface area (Å²) >= 11 is 1.63. The van der Waals surface area contributed by atoms with Gasteiger partial charge >= 0.3 is 0 Å². The monoisotopic (exact) mass is 386 g/mol. The quantitative estimate of drug-likeness (QED) is 0.526. The molecule has 0 bridgehead atoms. The number of amides is 1. The second-order valence-corrected chi connectivity index (χ2v) is 8.54. The number of rotatable bonds is 9. The zero-order chi connectivity index (χ0) is 19.3. The van der Waals surface area contributed by atoms with Crippen molar-refractivity contribution in [3.63, 3.8) is 0 Å². The van der Waals surface area contributed by atoms with Gasteiger partial charge < -0.3 is 9.88 Å². The van der Waals surface area contributed by atoms with E-state index in [1.807, 2.05) is 24.5 Å². The average Bonchev–Trinajstić information content (AvgIpc) is 3.00. The van der Waals surface area contributed by atoms with E-state index >= 15 is 0 Å². The molecule has 1 amide bonds. The second-order valence-electron chi connectivity index (χ2n) is 7.77. The molecule has 1 aromatic heterocycles.